The summed E-state index contributed by atoms with van der Waals surface area (Å²) in [4.78, 5) is 2.34. The number of nitrogen functional groups attached to an aromatic ring is 1. The molecule has 0 radical (unpaired) electrons. The Morgan fingerprint density at radius 1 is 1.19 bits per heavy atom. The summed E-state index contributed by atoms with van der Waals surface area (Å²) in [6, 6.07) is 6.07. The number of anilines is 2. The highest BCUT2D eigenvalue weighted by Gasteiger charge is 2.13. The molecule has 2 rings (SSSR count). The molecule has 16 heavy (non-hydrogen) atoms. The normalized spacial score (nSPS) is 18.6. The van der Waals surface area contributed by atoms with Crippen LogP contribution in [0, 0.1) is 6.92 Å². The Kier molecular flexibility index (Phi) is 3.31. The SMILES string of the molecule is Cc1cc(NN2CCN(C)CC2)ccc1N. The maximum absolute atomic E-state index is 5.79. The van der Waals surface area contributed by atoms with E-state index in [-0.39, 0.29) is 0 Å². The summed E-state index contributed by atoms with van der Waals surface area (Å²) in [7, 11) is 2.16. The van der Waals surface area contributed by atoms with Gasteiger partial charge < -0.3 is 16.1 Å². The minimum Gasteiger partial charge on any atom is -0.399 e. The van der Waals surface area contributed by atoms with E-state index in [1.165, 1.54) is 0 Å². The Balaban J connectivity index is 1.96. The molecule has 0 aromatic heterocycles. The summed E-state index contributed by atoms with van der Waals surface area (Å²) < 4.78 is 0. The summed E-state index contributed by atoms with van der Waals surface area (Å²) in [5.74, 6) is 0. The molecule has 1 aromatic carbocycles. The van der Waals surface area contributed by atoms with E-state index in [0.717, 1.165) is 43.1 Å². The zero-order chi connectivity index (χ0) is 11.5. The molecule has 1 heterocycles. The third kappa shape index (κ3) is 2.65. The van der Waals surface area contributed by atoms with Crippen LogP contribution in [0.25, 0.3) is 0 Å². The van der Waals surface area contributed by atoms with Crippen molar-refractivity contribution in [3.63, 3.8) is 0 Å². The molecule has 1 aliphatic rings. The van der Waals surface area contributed by atoms with Crippen molar-refractivity contribution in [3.05, 3.63) is 23.8 Å². The van der Waals surface area contributed by atoms with E-state index < -0.39 is 0 Å². The van der Waals surface area contributed by atoms with Crippen molar-refractivity contribution in [1.29, 1.82) is 0 Å². The minimum absolute atomic E-state index is 0.851. The minimum atomic E-state index is 0.851. The molecule has 1 aromatic rings. The van der Waals surface area contributed by atoms with Gasteiger partial charge in [0, 0.05) is 37.6 Å². The fourth-order valence-corrected chi connectivity index (χ4v) is 1.85. The molecular formula is C12H20N4. The maximum Gasteiger partial charge on any atom is 0.0494 e. The Morgan fingerprint density at radius 2 is 1.88 bits per heavy atom. The van der Waals surface area contributed by atoms with Gasteiger partial charge in [-0.1, -0.05) is 0 Å². The average Bonchev–Trinajstić information content (AvgIpc) is 2.27. The van der Waals surface area contributed by atoms with Crippen molar-refractivity contribution >= 4 is 11.4 Å². The first-order valence-electron chi connectivity index (χ1n) is 5.71. The van der Waals surface area contributed by atoms with Crippen LogP contribution < -0.4 is 11.2 Å². The number of nitrogens with two attached hydrogens (primary N) is 1. The second-order valence-corrected chi connectivity index (χ2v) is 4.47. The topological polar surface area (TPSA) is 44.5 Å². The summed E-state index contributed by atoms with van der Waals surface area (Å²) in [6.45, 7) is 6.37. The van der Waals surface area contributed by atoms with Crippen molar-refractivity contribution in [3.8, 4) is 0 Å². The van der Waals surface area contributed by atoms with Gasteiger partial charge in [-0.3, -0.25) is 0 Å². The zero-order valence-electron chi connectivity index (χ0n) is 10.0. The van der Waals surface area contributed by atoms with Crippen LogP contribution >= 0.6 is 0 Å². The van der Waals surface area contributed by atoms with Gasteiger partial charge in [0.2, 0.25) is 0 Å². The molecule has 0 amide bonds. The number of hydrogen-bond donors (Lipinski definition) is 2. The number of likely N-dealkylation sites (N-methyl/N-ethyl adjacent to an activating group) is 1. The molecule has 1 aliphatic heterocycles. The quantitative estimate of drug-likeness (QED) is 0.734. The average molecular weight is 220 g/mol. The zero-order valence-corrected chi connectivity index (χ0v) is 10.0. The Morgan fingerprint density at radius 3 is 2.50 bits per heavy atom. The highest BCUT2D eigenvalue weighted by molar-refractivity contribution is 5.56. The van der Waals surface area contributed by atoms with Crippen molar-refractivity contribution in [2.45, 2.75) is 6.92 Å². The number of piperazine rings is 1. The molecule has 1 saturated heterocycles. The number of hydrazine groups is 1. The van der Waals surface area contributed by atoms with Crippen LogP contribution in [0.2, 0.25) is 0 Å². The van der Waals surface area contributed by atoms with Gasteiger partial charge in [-0.05, 0) is 37.7 Å². The first-order valence-corrected chi connectivity index (χ1v) is 5.71. The van der Waals surface area contributed by atoms with Gasteiger partial charge in [0.1, 0.15) is 0 Å². The van der Waals surface area contributed by atoms with Crippen LogP contribution in [0.3, 0.4) is 0 Å². The molecule has 4 nitrogen and oxygen atoms in total. The molecule has 4 heteroatoms. The Hall–Kier alpha value is -1.26. The maximum atomic E-state index is 5.79. The van der Waals surface area contributed by atoms with Crippen LogP contribution in [0.15, 0.2) is 18.2 Å². The predicted octanol–water partition coefficient (Wildman–Crippen LogP) is 1.15. The Bertz CT molecular complexity index is 356. The van der Waals surface area contributed by atoms with Gasteiger partial charge >= 0.3 is 0 Å². The van der Waals surface area contributed by atoms with Gasteiger partial charge in [-0.25, -0.2) is 5.01 Å². The van der Waals surface area contributed by atoms with Crippen molar-refractivity contribution in [1.82, 2.24) is 9.91 Å². The molecule has 0 bridgehead atoms. The Labute approximate surface area is 97.0 Å². The van der Waals surface area contributed by atoms with E-state index in [9.17, 15) is 0 Å². The summed E-state index contributed by atoms with van der Waals surface area (Å²) >= 11 is 0. The van der Waals surface area contributed by atoms with E-state index in [1.54, 1.807) is 0 Å². The predicted molar refractivity (Wildman–Crippen MR) is 68.3 cm³/mol. The molecule has 0 spiro atoms. The molecule has 0 aliphatic carbocycles. The van der Waals surface area contributed by atoms with Crippen LogP contribution in [-0.4, -0.2) is 43.1 Å². The van der Waals surface area contributed by atoms with Crippen molar-refractivity contribution in [2.75, 3.05) is 44.4 Å². The summed E-state index contributed by atoms with van der Waals surface area (Å²) in [5, 5.41) is 2.25. The highest BCUT2D eigenvalue weighted by atomic mass is 15.5. The molecule has 3 N–H and O–H groups in total. The molecule has 1 fully saturated rings. The monoisotopic (exact) mass is 220 g/mol. The van der Waals surface area contributed by atoms with Gasteiger partial charge in [0.15, 0.2) is 0 Å². The lowest BCUT2D eigenvalue weighted by Gasteiger charge is -2.33. The number of benzene rings is 1. The molecule has 0 saturated carbocycles. The second kappa shape index (κ2) is 4.72. The lowest BCUT2D eigenvalue weighted by atomic mass is 10.2. The summed E-state index contributed by atoms with van der Waals surface area (Å²) in [6.07, 6.45) is 0. The highest BCUT2D eigenvalue weighted by Crippen LogP contribution is 2.17. The number of aryl methyl sites for hydroxylation is 1. The third-order valence-corrected chi connectivity index (χ3v) is 3.06. The standard InChI is InChI=1S/C12H20N4/c1-10-9-11(3-4-12(10)13)14-16-7-5-15(2)6-8-16/h3-4,9,14H,5-8,13H2,1-2H3. The molecular weight excluding hydrogens is 200 g/mol. The van der Waals surface area contributed by atoms with E-state index in [4.69, 9.17) is 5.73 Å². The number of hydrogen-bond acceptors (Lipinski definition) is 4. The summed E-state index contributed by atoms with van der Waals surface area (Å²) in [5.41, 5.74) is 12.3. The molecule has 88 valence electrons. The lowest BCUT2D eigenvalue weighted by molar-refractivity contribution is 0.179. The van der Waals surface area contributed by atoms with E-state index in [1.807, 2.05) is 19.1 Å². The van der Waals surface area contributed by atoms with Gasteiger partial charge in [-0.15, -0.1) is 0 Å². The van der Waals surface area contributed by atoms with Crippen molar-refractivity contribution in [2.24, 2.45) is 0 Å². The molecule has 0 unspecified atom stereocenters. The number of rotatable bonds is 2. The van der Waals surface area contributed by atoms with Crippen molar-refractivity contribution < 1.29 is 0 Å². The van der Waals surface area contributed by atoms with Crippen LogP contribution in [0.1, 0.15) is 5.56 Å². The van der Waals surface area contributed by atoms with E-state index >= 15 is 0 Å². The lowest BCUT2D eigenvalue weighted by Crippen LogP contribution is -2.46. The fraction of sp³-hybridized carbons (Fsp3) is 0.500. The first-order chi connectivity index (χ1) is 7.65. The third-order valence-electron chi connectivity index (χ3n) is 3.06. The largest absolute Gasteiger partial charge is 0.399 e. The van der Waals surface area contributed by atoms with E-state index in [0.29, 0.717) is 0 Å². The molecule has 0 atom stereocenters. The van der Waals surface area contributed by atoms with Crippen LogP contribution in [0.4, 0.5) is 11.4 Å². The smallest absolute Gasteiger partial charge is 0.0494 e. The second-order valence-electron chi connectivity index (χ2n) is 4.47. The number of nitrogens with one attached hydrogen (secondary N) is 1. The van der Waals surface area contributed by atoms with Crippen LogP contribution in [-0.2, 0) is 0 Å². The van der Waals surface area contributed by atoms with E-state index in [2.05, 4.69) is 28.4 Å². The fourth-order valence-electron chi connectivity index (χ4n) is 1.85. The number of nitrogens with zero attached hydrogens (tertiary/aromatic N) is 2. The van der Waals surface area contributed by atoms with Gasteiger partial charge in [-0.2, -0.15) is 0 Å². The van der Waals surface area contributed by atoms with Crippen LogP contribution in [0.5, 0.6) is 0 Å². The first kappa shape index (κ1) is 11.2. The van der Waals surface area contributed by atoms with Gasteiger partial charge in [0.05, 0.1) is 0 Å². The van der Waals surface area contributed by atoms with Gasteiger partial charge in [0.25, 0.3) is 0 Å².